The molecule has 17 nitrogen and oxygen atoms in total. The number of carbonyl (C=O) groups is 5. The molecule has 9 rings (SSSR count). The van der Waals surface area contributed by atoms with Crippen molar-refractivity contribution in [3.63, 3.8) is 0 Å². The molecule has 0 aliphatic carbocycles. The average molecular weight is 1050 g/mol. The van der Waals surface area contributed by atoms with Gasteiger partial charge >= 0.3 is 5.97 Å². The second kappa shape index (κ2) is 21.3. The first kappa shape index (κ1) is 54.0. The molecule has 5 aliphatic rings. The van der Waals surface area contributed by atoms with Crippen LogP contribution in [0.15, 0.2) is 42.4 Å². The zero-order valence-electron chi connectivity index (χ0n) is 45.1. The highest BCUT2D eigenvalue weighted by atomic mass is 32.1. The lowest BCUT2D eigenvalue weighted by molar-refractivity contribution is -0.156. The van der Waals surface area contributed by atoms with Crippen molar-refractivity contribution in [2.75, 3.05) is 71.6 Å². The number of anilines is 1. The number of cyclic esters (lactones) is 1. The van der Waals surface area contributed by atoms with Gasteiger partial charge in [-0.25, -0.2) is 14.8 Å². The van der Waals surface area contributed by atoms with Crippen LogP contribution in [0.1, 0.15) is 102 Å². The van der Waals surface area contributed by atoms with E-state index in [2.05, 4.69) is 72.7 Å². The van der Waals surface area contributed by atoms with Crippen LogP contribution in [0.2, 0.25) is 0 Å². The Bertz CT molecular complexity index is 2860. The quantitative estimate of drug-likeness (QED) is 0.129. The van der Waals surface area contributed by atoms with E-state index in [1.165, 1.54) is 33.9 Å². The number of methoxy groups -OCH3 is 1. The molecular formula is C56H74FN9O8S. The fraction of sp³-hybridized carbons (Fsp3) is 0.589. The number of hydrazine groups is 1. The molecule has 1 aromatic carbocycles. The van der Waals surface area contributed by atoms with Crippen LogP contribution in [0.4, 0.5) is 10.1 Å². The summed E-state index contributed by atoms with van der Waals surface area (Å²) in [4.78, 5) is 85.2. The van der Waals surface area contributed by atoms with E-state index in [0.717, 1.165) is 87.4 Å². The molecule has 0 unspecified atom stereocenters. The summed E-state index contributed by atoms with van der Waals surface area (Å²) in [6.07, 6.45) is 4.61. The number of carbonyl (C=O) groups excluding carboxylic acids is 5. The van der Waals surface area contributed by atoms with Crippen molar-refractivity contribution in [3.8, 4) is 22.5 Å². The number of nitrogens with one attached hydrogen (secondary N) is 2. The third kappa shape index (κ3) is 11.0. The molecule has 3 saturated heterocycles. The third-order valence-electron chi connectivity index (χ3n) is 15.8. The molecule has 4 atom stereocenters. The number of piperidine rings is 1. The van der Waals surface area contributed by atoms with Crippen LogP contribution in [0.5, 0.6) is 0 Å². The summed E-state index contributed by atoms with van der Waals surface area (Å²) in [6.45, 7) is 21.8. The largest absolute Gasteiger partial charge is 0.464 e. The molecule has 2 N–H and O–H groups in total. The van der Waals surface area contributed by atoms with Crippen molar-refractivity contribution in [1.82, 2.24) is 40.1 Å². The number of pyridine rings is 1. The molecule has 3 fully saturated rings. The van der Waals surface area contributed by atoms with Crippen LogP contribution in [0.3, 0.4) is 0 Å². The zero-order chi connectivity index (χ0) is 53.7. The topological polar surface area (TPSA) is 181 Å². The van der Waals surface area contributed by atoms with Crippen molar-refractivity contribution in [2.24, 2.45) is 16.7 Å². The van der Waals surface area contributed by atoms with E-state index in [1.54, 1.807) is 21.0 Å². The number of nitrogens with zero attached hydrogens (tertiary/aromatic N) is 7. The number of ether oxygens (including phenoxy) is 3. The molecule has 0 spiro atoms. The summed E-state index contributed by atoms with van der Waals surface area (Å²) >= 11 is 1.39. The Morgan fingerprint density at radius 3 is 2.45 bits per heavy atom. The number of aromatic nitrogens is 3. The van der Waals surface area contributed by atoms with Gasteiger partial charge in [0.2, 0.25) is 11.8 Å². The smallest absolute Gasteiger partial charge is 0.324 e. The highest BCUT2D eigenvalue weighted by molar-refractivity contribution is 7.10. The van der Waals surface area contributed by atoms with Gasteiger partial charge in [0, 0.05) is 100.0 Å². The minimum atomic E-state index is -2.30. The van der Waals surface area contributed by atoms with Gasteiger partial charge in [-0.1, -0.05) is 48.1 Å². The van der Waals surface area contributed by atoms with Crippen molar-refractivity contribution in [2.45, 2.75) is 130 Å². The Morgan fingerprint density at radius 1 is 1.03 bits per heavy atom. The molecular weight excluding hydrogens is 978 g/mol. The van der Waals surface area contributed by atoms with E-state index in [9.17, 15) is 24.0 Å². The third-order valence-corrected chi connectivity index (χ3v) is 16.6. The fourth-order valence-electron chi connectivity index (χ4n) is 11.8. The monoisotopic (exact) mass is 1050 g/mol. The van der Waals surface area contributed by atoms with Crippen molar-refractivity contribution in [3.05, 3.63) is 64.3 Å². The predicted molar refractivity (Wildman–Crippen MR) is 285 cm³/mol. The number of alkyl halides is 1. The van der Waals surface area contributed by atoms with Gasteiger partial charge in [0.15, 0.2) is 5.67 Å². The highest BCUT2D eigenvalue weighted by Crippen LogP contribution is 2.48. The maximum absolute atomic E-state index is 16.5. The number of thiazole rings is 1. The summed E-state index contributed by atoms with van der Waals surface area (Å²) in [5.74, 6) is -3.30. The van der Waals surface area contributed by atoms with Crippen molar-refractivity contribution in [1.29, 1.82) is 0 Å². The first-order chi connectivity index (χ1) is 35.6. The lowest BCUT2D eigenvalue weighted by Gasteiger charge is -2.40. The SMILES string of the molecule is C=CC(=O)N1CCC(F)(C(=O)N(C)[C@H](C(=O)N[C@H]2Cc3nc(cs3)-c3cc4c5c(c3)c(c(-c3cc(N6CCOCC6)cnc3[C@H](C)OC)n5CC(C)(C)C4)CC(C)(C)COC(=O)[C@@H]3CCCN(N3)C2=O)C(C)C)CC1. The van der Waals surface area contributed by atoms with Gasteiger partial charge in [-0.2, -0.15) is 0 Å². The van der Waals surface area contributed by atoms with Gasteiger partial charge < -0.3 is 38.8 Å². The summed E-state index contributed by atoms with van der Waals surface area (Å²) < 4.78 is 37.0. The van der Waals surface area contributed by atoms with E-state index in [1.807, 2.05) is 18.5 Å². The number of likely N-dealkylation sites (N-methyl/N-ethyl adjacent to an activating group) is 1. The van der Waals surface area contributed by atoms with Gasteiger partial charge in [0.1, 0.15) is 18.1 Å². The number of fused-ring (bicyclic) bond motifs is 6. The summed E-state index contributed by atoms with van der Waals surface area (Å²) in [7, 11) is 3.11. The van der Waals surface area contributed by atoms with Crippen LogP contribution in [0.25, 0.3) is 33.4 Å². The Balaban J connectivity index is 1.13. The van der Waals surface area contributed by atoms with Gasteiger partial charge in [-0.3, -0.25) is 34.0 Å². The lowest BCUT2D eigenvalue weighted by atomic mass is 9.81. The Kier molecular flexibility index (Phi) is 15.4. The van der Waals surface area contributed by atoms with E-state index < -0.39 is 58.8 Å². The van der Waals surface area contributed by atoms with Gasteiger partial charge in [0.25, 0.3) is 11.8 Å². The summed E-state index contributed by atoms with van der Waals surface area (Å²) in [5, 5.41) is 8.00. The minimum absolute atomic E-state index is 0.000264. The number of hydrogen-bond acceptors (Lipinski definition) is 13. The van der Waals surface area contributed by atoms with Crippen LogP contribution >= 0.6 is 11.3 Å². The summed E-state index contributed by atoms with van der Waals surface area (Å²) in [5.41, 5.74) is 9.07. The number of likely N-dealkylation sites (tertiary alicyclic amines) is 1. The molecule has 404 valence electrons. The normalized spacial score (nSPS) is 22.5. The number of halogens is 1. The molecule has 19 heteroatoms. The van der Waals surface area contributed by atoms with Gasteiger partial charge in [0.05, 0.1) is 65.4 Å². The minimum Gasteiger partial charge on any atom is -0.464 e. The van der Waals surface area contributed by atoms with Gasteiger partial charge in [-0.15, -0.1) is 11.3 Å². The van der Waals surface area contributed by atoms with E-state index in [0.29, 0.717) is 37.5 Å². The average Bonchev–Trinajstić information content (AvgIpc) is 3.98. The molecule has 5 aliphatic heterocycles. The highest BCUT2D eigenvalue weighted by Gasteiger charge is 2.47. The number of benzene rings is 1. The number of amides is 4. The number of rotatable bonds is 10. The van der Waals surface area contributed by atoms with E-state index >= 15 is 4.39 Å². The second-order valence-corrected chi connectivity index (χ2v) is 24.1. The number of hydrogen-bond donors (Lipinski definition) is 2. The van der Waals surface area contributed by atoms with Crippen molar-refractivity contribution >= 4 is 57.5 Å². The van der Waals surface area contributed by atoms with Gasteiger partial charge in [-0.05, 0) is 79.3 Å². The molecule has 0 radical (unpaired) electrons. The maximum atomic E-state index is 16.5. The first-order valence-electron chi connectivity index (χ1n) is 26.5. The van der Waals surface area contributed by atoms with E-state index in [4.69, 9.17) is 24.2 Å². The second-order valence-electron chi connectivity index (χ2n) is 23.1. The van der Waals surface area contributed by atoms with E-state index in [-0.39, 0.29) is 62.9 Å². The zero-order valence-corrected chi connectivity index (χ0v) is 45.9. The maximum Gasteiger partial charge on any atom is 0.324 e. The fourth-order valence-corrected chi connectivity index (χ4v) is 12.7. The standard InChI is InChI=1S/C56H74FN9O8S/c1-11-45(67)64-17-14-56(57,15-18-64)53(71)62(9)47(33(2)3)50(68)60-42-26-44-59-43(30-75-44)35-23-36-27-54(5,6)31-65-48(36)38(24-35)40(28-55(7,8)32-74-52(70)41-13-12-16-66(61-41)51(42)69)49(65)39-25-37(63-19-21-73-22-20-63)29-58-46(39)34(4)72-10/h11,23-25,29-30,33-34,41-42,47,61H,1,12-22,26-28,31-32H2,2-10H3,(H,60,68)/t34-,41-,42-,47-/m0/s1. The predicted octanol–water partition coefficient (Wildman–Crippen LogP) is 6.60. The first-order valence-corrected chi connectivity index (χ1v) is 27.4. The Morgan fingerprint density at radius 2 is 1.76 bits per heavy atom. The molecule has 75 heavy (non-hydrogen) atoms. The van der Waals surface area contributed by atoms with Crippen molar-refractivity contribution < 1.29 is 42.6 Å². The molecule has 4 aromatic rings. The molecule has 6 bridgehead atoms. The number of esters is 1. The van der Waals surface area contributed by atoms with Crippen LogP contribution < -0.4 is 15.6 Å². The molecule has 8 heterocycles. The van der Waals surface area contributed by atoms with Crippen LogP contribution in [0, 0.1) is 16.7 Å². The van der Waals surface area contributed by atoms with Crippen LogP contribution in [-0.4, -0.2) is 149 Å². The Labute approximate surface area is 443 Å². The molecule has 4 amide bonds. The molecule has 0 saturated carbocycles. The lowest BCUT2D eigenvalue weighted by Crippen LogP contribution is -2.63. The number of morpholine rings is 1. The molecule has 3 aromatic heterocycles. The van der Waals surface area contributed by atoms with Crippen LogP contribution in [-0.2, 0) is 64.0 Å². The Hall–Kier alpha value is -5.76. The summed E-state index contributed by atoms with van der Waals surface area (Å²) in [6, 6.07) is 3.53.